The summed E-state index contributed by atoms with van der Waals surface area (Å²) in [5, 5.41) is 0. The molecule has 2 aliphatic rings. The molecule has 208 valence electrons. The molecule has 39 heavy (non-hydrogen) atoms. The van der Waals surface area contributed by atoms with Crippen molar-refractivity contribution >= 4 is 35.4 Å². The molecule has 13 nitrogen and oxygen atoms in total. The van der Waals surface area contributed by atoms with Crippen molar-refractivity contribution in [1.82, 2.24) is 14.9 Å². The normalized spacial score (nSPS) is 19.6. The monoisotopic (exact) mass is 543 g/mol. The van der Waals surface area contributed by atoms with Gasteiger partial charge in [0.15, 0.2) is 5.78 Å². The lowest BCUT2D eigenvalue weighted by molar-refractivity contribution is -0.142. The zero-order valence-electron chi connectivity index (χ0n) is 21.4. The van der Waals surface area contributed by atoms with Gasteiger partial charge in [-0.3, -0.25) is 24.2 Å². The number of hydrogen-bond acceptors (Lipinski definition) is 11. The fourth-order valence-corrected chi connectivity index (χ4v) is 4.58. The smallest absolute Gasteiger partial charge is 0.414 e. The molecule has 1 aromatic heterocycles. The lowest BCUT2D eigenvalue weighted by Gasteiger charge is -2.40. The SMILES string of the molecule is COC(=O)CN1CCN(c2ncc(-c3ccc(N4CC(CCC(N)=O)OC4=O)cc3F)cn2)C(C(=O)CN)C1. The Morgan fingerprint density at radius 2 is 1.92 bits per heavy atom. The third-order valence-corrected chi connectivity index (χ3v) is 6.67. The van der Waals surface area contributed by atoms with Crippen LogP contribution in [0.25, 0.3) is 11.1 Å². The summed E-state index contributed by atoms with van der Waals surface area (Å²) in [5.41, 5.74) is 11.7. The number of Topliss-reactive ketones (excluding diaryl/α,β-unsaturated/α-hetero) is 1. The first-order chi connectivity index (χ1) is 18.7. The number of methoxy groups -OCH3 is 1. The number of ether oxygens (including phenoxy) is 2. The second kappa shape index (κ2) is 12.1. The quantitative estimate of drug-likeness (QED) is 0.388. The topological polar surface area (TPSA) is 174 Å². The number of amides is 2. The molecule has 0 aliphatic carbocycles. The zero-order valence-corrected chi connectivity index (χ0v) is 21.4. The molecule has 2 saturated heterocycles. The Bertz CT molecular complexity index is 1240. The van der Waals surface area contributed by atoms with Gasteiger partial charge in [0.2, 0.25) is 11.9 Å². The Morgan fingerprint density at radius 1 is 1.18 bits per heavy atom. The van der Waals surface area contributed by atoms with Gasteiger partial charge in [0.05, 0.1) is 32.4 Å². The third kappa shape index (κ3) is 6.46. The van der Waals surface area contributed by atoms with E-state index >= 15 is 4.39 Å². The third-order valence-electron chi connectivity index (χ3n) is 6.67. The van der Waals surface area contributed by atoms with Crippen molar-refractivity contribution in [3.05, 3.63) is 36.4 Å². The molecule has 2 atom stereocenters. The predicted octanol–water partition coefficient (Wildman–Crippen LogP) is 0.0648. The van der Waals surface area contributed by atoms with Crippen molar-refractivity contribution < 1.29 is 33.0 Å². The van der Waals surface area contributed by atoms with E-state index in [1.54, 1.807) is 11.0 Å². The van der Waals surface area contributed by atoms with E-state index in [1.165, 1.54) is 36.5 Å². The van der Waals surface area contributed by atoms with E-state index in [2.05, 4.69) is 9.97 Å². The summed E-state index contributed by atoms with van der Waals surface area (Å²) in [6.07, 6.45) is 2.15. The van der Waals surface area contributed by atoms with Gasteiger partial charge in [-0.1, -0.05) is 0 Å². The predicted molar refractivity (Wildman–Crippen MR) is 137 cm³/mol. The van der Waals surface area contributed by atoms with E-state index in [0.29, 0.717) is 30.8 Å². The summed E-state index contributed by atoms with van der Waals surface area (Å²) >= 11 is 0. The molecule has 14 heteroatoms. The number of esters is 1. The highest BCUT2D eigenvalue weighted by Gasteiger charge is 2.35. The fourth-order valence-electron chi connectivity index (χ4n) is 4.58. The Balaban J connectivity index is 1.47. The number of halogens is 1. The molecule has 4 N–H and O–H groups in total. The molecular weight excluding hydrogens is 513 g/mol. The van der Waals surface area contributed by atoms with E-state index in [0.717, 1.165) is 0 Å². The minimum absolute atomic E-state index is 0.0525. The maximum Gasteiger partial charge on any atom is 0.414 e. The first kappa shape index (κ1) is 27.9. The molecule has 4 rings (SSSR count). The number of primary amides is 1. The van der Waals surface area contributed by atoms with Gasteiger partial charge in [0, 0.05) is 49.6 Å². The van der Waals surface area contributed by atoms with Gasteiger partial charge in [-0.05, 0) is 24.6 Å². The molecular formula is C25H30FN7O6. The number of cyclic esters (lactones) is 1. The number of hydrogen-bond donors (Lipinski definition) is 2. The highest BCUT2D eigenvalue weighted by molar-refractivity contribution is 5.90. The molecule has 0 spiro atoms. The van der Waals surface area contributed by atoms with Gasteiger partial charge < -0.3 is 25.8 Å². The van der Waals surface area contributed by atoms with E-state index < -0.39 is 35.9 Å². The first-order valence-electron chi connectivity index (χ1n) is 12.4. The number of nitrogens with zero attached hydrogens (tertiary/aromatic N) is 5. The maximum atomic E-state index is 15.1. The Morgan fingerprint density at radius 3 is 2.56 bits per heavy atom. The zero-order chi connectivity index (χ0) is 28.1. The Hall–Kier alpha value is -4.17. The minimum Gasteiger partial charge on any atom is -0.468 e. The Kier molecular flexibility index (Phi) is 8.66. The van der Waals surface area contributed by atoms with Crippen molar-refractivity contribution in [2.75, 3.05) is 56.2 Å². The van der Waals surface area contributed by atoms with E-state index in [4.69, 9.17) is 20.9 Å². The second-order valence-electron chi connectivity index (χ2n) is 9.25. The van der Waals surface area contributed by atoms with Crippen LogP contribution >= 0.6 is 0 Å². The van der Waals surface area contributed by atoms with Gasteiger partial charge in [0.25, 0.3) is 0 Å². The average Bonchev–Trinajstić information content (AvgIpc) is 3.31. The summed E-state index contributed by atoms with van der Waals surface area (Å²) < 4.78 is 25.1. The van der Waals surface area contributed by atoms with Crippen LogP contribution in [0.5, 0.6) is 0 Å². The van der Waals surface area contributed by atoms with Crippen LogP contribution in [0.4, 0.5) is 20.8 Å². The van der Waals surface area contributed by atoms with E-state index in [-0.39, 0.29) is 49.9 Å². The molecule has 2 aromatic rings. The molecule has 2 amide bonds. The van der Waals surface area contributed by atoms with Crippen LogP contribution in [-0.4, -0.2) is 97.1 Å². The first-order valence-corrected chi connectivity index (χ1v) is 12.4. The lowest BCUT2D eigenvalue weighted by atomic mass is 10.1. The average molecular weight is 544 g/mol. The van der Waals surface area contributed by atoms with Crippen LogP contribution in [0.3, 0.4) is 0 Å². The molecule has 2 fully saturated rings. The fraction of sp³-hybridized carbons (Fsp3) is 0.440. The van der Waals surface area contributed by atoms with Crippen molar-refractivity contribution in [3.63, 3.8) is 0 Å². The second-order valence-corrected chi connectivity index (χ2v) is 9.25. The molecule has 0 saturated carbocycles. The van der Waals surface area contributed by atoms with Gasteiger partial charge in [-0.15, -0.1) is 0 Å². The van der Waals surface area contributed by atoms with Crippen LogP contribution < -0.4 is 21.3 Å². The van der Waals surface area contributed by atoms with Crippen molar-refractivity contribution in [3.8, 4) is 11.1 Å². The summed E-state index contributed by atoms with van der Waals surface area (Å²) in [7, 11) is 1.30. The van der Waals surface area contributed by atoms with Crippen LogP contribution in [0.1, 0.15) is 12.8 Å². The largest absolute Gasteiger partial charge is 0.468 e. The number of rotatable bonds is 10. The van der Waals surface area contributed by atoms with Crippen molar-refractivity contribution in [2.24, 2.45) is 11.5 Å². The van der Waals surface area contributed by atoms with Crippen LogP contribution in [0.15, 0.2) is 30.6 Å². The summed E-state index contributed by atoms with van der Waals surface area (Å²) in [4.78, 5) is 61.1. The van der Waals surface area contributed by atoms with Crippen LogP contribution in [0, 0.1) is 5.82 Å². The van der Waals surface area contributed by atoms with Crippen molar-refractivity contribution in [1.29, 1.82) is 0 Å². The van der Waals surface area contributed by atoms with Gasteiger partial charge in [-0.25, -0.2) is 19.2 Å². The lowest BCUT2D eigenvalue weighted by Crippen LogP contribution is -2.59. The Labute approximate surface area is 223 Å². The number of aromatic nitrogens is 2. The summed E-state index contributed by atoms with van der Waals surface area (Å²) in [6.45, 7) is 1.17. The maximum absolute atomic E-state index is 15.1. The number of carbonyl (C=O) groups is 4. The number of nitrogens with two attached hydrogens (primary N) is 2. The number of anilines is 2. The summed E-state index contributed by atoms with van der Waals surface area (Å²) in [6, 6.07) is 3.67. The summed E-state index contributed by atoms with van der Waals surface area (Å²) in [5.74, 6) is -1.43. The molecule has 2 unspecified atom stereocenters. The number of ketones is 1. The van der Waals surface area contributed by atoms with E-state index in [9.17, 15) is 19.2 Å². The highest BCUT2D eigenvalue weighted by atomic mass is 19.1. The molecule has 2 aliphatic heterocycles. The standard InChI is InChI=1S/C25H30FN7O6/c1-38-23(36)14-31-6-7-32(20(13-31)21(34)9-27)24-29-10-15(11-30-24)18-4-2-16(8-19(18)26)33-12-17(39-25(33)37)3-5-22(28)35/h2,4,8,10-11,17,20H,3,5-7,9,12-14,27H2,1H3,(H2,28,35). The van der Waals surface area contributed by atoms with Gasteiger partial charge >= 0.3 is 12.1 Å². The van der Waals surface area contributed by atoms with Crippen LogP contribution in [-0.2, 0) is 23.9 Å². The minimum atomic E-state index is -0.651. The van der Waals surface area contributed by atoms with Gasteiger partial charge in [-0.2, -0.15) is 0 Å². The number of carbonyl (C=O) groups excluding carboxylic acids is 4. The highest BCUT2D eigenvalue weighted by Crippen LogP contribution is 2.30. The van der Waals surface area contributed by atoms with Crippen molar-refractivity contribution in [2.45, 2.75) is 25.0 Å². The number of piperazine rings is 1. The van der Waals surface area contributed by atoms with E-state index in [1.807, 2.05) is 4.90 Å². The molecule has 1 aromatic carbocycles. The number of benzene rings is 1. The van der Waals surface area contributed by atoms with Gasteiger partial charge in [0.1, 0.15) is 18.0 Å². The molecule has 0 radical (unpaired) electrons. The molecule has 3 heterocycles. The molecule has 0 bridgehead atoms. The van der Waals surface area contributed by atoms with Crippen LogP contribution in [0.2, 0.25) is 0 Å².